The van der Waals surface area contributed by atoms with E-state index >= 15 is 0 Å². The van der Waals surface area contributed by atoms with Crippen molar-refractivity contribution in [2.75, 3.05) is 11.9 Å². The molecule has 0 spiro atoms. The van der Waals surface area contributed by atoms with Crippen LogP contribution in [0.25, 0.3) is 10.8 Å². The largest absolute Gasteiger partial charge is 0.419 e. The van der Waals surface area contributed by atoms with Crippen molar-refractivity contribution in [2.45, 2.75) is 18.5 Å². The van der Waals surface area contributed by atoms with E-state index in [0.717, 1.165) is 12.5 Å². The summed E-state index contributed by atoms with van der Waals surface area (Å²) in [6, 6.07) is 14.7. The number of anilines is 1. The van der Waals surface area contributed by atoms with Crippen LogP contribution in [0.15, 0.2) is 54.7 Å². The number of halogens is 3. The molecule has 3 aromatic rings. The minimum absolute atomic E-state index is 0.104. The Hall–Kier alpha value is -2.56. The van der Waals surface area contributed by atoms with Gasteiger partial charge in [-0.2, -0.15) is 13.2 Å². The van der Waals surface area contributed by atoms with Gasteiger partial charge in [-0.3, -0.25) is 0 Å². The van der Waals surface area contributed by atoms with E-state index in [1.54, 1.807) is 0 Å². The third kappa shape index (κ3) is 2.50. The third-order valence-electron chi connectivity index (χ3n) is 4.56. The quantitative estimate of drug-likeness (QED) is 0.731. The zero-order valence-corrected chi connectivity index (χ0v) is 12.8. The highest BCUT2D eigenvalue weighted by Crippen LogP contribution is 2.39. The maximum atomic E-state index is 13.1. The minimum Gasteiger partial charge on any atom is -0.369 e. The highest BCUT2D eigenvalue weighted by Gasteiger charge is 2.34. The Labute approximate surface area is 137 Å². The number of hydrogen-bond donors (Lipinski definition) is 1. The van der Waals surface area contributed by atoms with Gasteiger partial charge in [0.2, 0.25) is 0 Å². The maximum Gasteiger partial charge on any atom is 0.419 e. The van der Waals surface area contributed by atoms with Crippen molar-refractivity contribution >= 4 is 16.6 Å². The van der Waals surface area contributed by atoms with Crippen LogP contribution in [0.5, 0.6) is 0 Å². The van der Waals surface area contributed by atoms with E-state index in [2.05, 4.69) is 34.6 Å². The first kappa shape index (κ1) is 15.0. The van der Waals surface area contributed by atoms with E-state index in [0.29, 0.717) is 6.54 Å². The Balaban J connectivity index is 1.61. The second kappa shape index (κ2) is 5.51. The normalized spacial score (nSPS) is 16.5. The molecule has 5 heteroatoms. The fraction of sp³-hybridized carbons (Fsp3) is 0.211. The molecule has 122 valence electrons. The number of hydrogen-bond acceptors (Lipinski definition) is 2. The van der Waals surface area contributed by atoms with Gasteiger partial charge in [0.15, 0.2) is 0 Å². The molecule has 0 amide bonds. The smallest absolute Gasteiger partial charge is 0.369 e. The second-order valence-corrected chi connectivity index (χ2v) is 6.04. The van der Waals surface area contributed by atoms with Gasteiger partial charge < -0.3 is 5.32 Å². The van der Waals surface area contributed by atoms with Crippen LogP contribution in [-0.4, -0.2) is 11.5 Å². The van der Waals surface area contributed by atoms with Crippen molar-refractivity contribution in [3.8, 4) is 0 Å². The van der Waals surface area contributed by atoms with Crippen molar-refractivity contribution in [1.82, 2.24) is 4.98 Å². The molecular formula is C19H15F3N2. The number of alkyl halides is 3. The number of pyridine rings is 1. The molecular weight excluding hydrogens is 313 g/mol. The lowest BCUT2D eigenvalue weighted by Gasteiger charge is -2.17. The zero-order chi connectivity index (χ0) is 16.7. The molecule has 0 saturated heterocycles. The van der Waals surface area contributed by atoms with E-state index in [4.69, 9.17) is 0 Å². The fourth-order valence-corrected chi connectivity index (χ4v) is 3.51. The van der Waals surface area contributed by atoms with Crippen LogP contribution in [-0.2, 0) is 12.6 Å². The molecule has 0 aliphatic heterocycles. The molecule has 24 heavy (non-hydrogen) atoms. The zero-order valence-electron chi connectivity index (χ0n) is 12.8. The Bertz CT molecular complexity index is 897. The van der Waals surface area contributed by atoms with Gasteiger partial charge in [-0.05, 0) is 40.5 Å². The number of benzene rings is 2. The number of nitrogens with one attached hydrogen (secondary N) is 1. The number of rotatable bonds is 3. The van der Waals surface area contributed by atoms with Crippen LogP contribution >= 0.6 is 0 Å². The Morgan fingerprint density at radius 3 is 2.62 bits per heavy atom. The molecule has 0 fully saturated rings. The van der Waals surface area contributed by atoms with E-state index in [1.165, 1.54) is 34.2 Å². The van der Waals surface area contributed by atoms with Crippen molar-refractivity contribution in [1.29, 1.82) is 0 Å². The van der Waals surface area contributed by atoms with Gasteiger partial charge in [0.25, 0.3) is 0 Å². The topological polar surface area (TPSA) is 24.9 Å². The van der Waals surface area contributed by atoms with Gasteiger partial charge >= 0.3 is 6.18 Å². The highest BCUT2D eigenvalue weighted by molar-refractivity contribution is 5.91. The summed E-state index contributed by atoms with van der Waals surface area (Å²) in [4.78, 5) is 3.87. The van der Waals surface area contributed by atoms with Crippen molar-refractivity contribution < 1.29 is 13.2 Å². The van der Waals surface area contributed by atoms with Crippen LogP contribution in [0.3, 0.4) is 0 Å². The molecule has 0 radical (unpaired) electrons. The highest BCUT2D eigenvalue weighted by atomic mass is 19.4. The van der Waals surface area contributed by atoms with Crippen LogP contribution in [0, 0.1) is 0 Å². The molecule has 1 aliphatic rings. The summed E-state index contributed by atoms with van der Waals surface area (Å²) in [5.74, 6) is 0.0438. The summed E-state index contributed by atoms with van der Waals surface area (Å²) in [6.07, 6.45) is -2.20. The first-order chi connectivity index (χ1) is 11.5. The summed E-state index contributed by atoms with van der Waals surface area (Å²) >= 11 is 0. The minimum atomic E-state index is -4.41. The standard InChI is InChI=1S/C19H15F3N2/c20-19(21,22)16-8-3-9-23-18(16)24-11-14-10-13-6-1-4-12-5-2-7-15(14)17(12)13/h1-9,14H,10-11H2,(H,23,24)/t14-/m1/s1. The van der Waals surface area contributed by atoms with Gasteiger partial charge in [-0.25, -0.2) is 4.98 Å². The molecule has 2 aromatic carbocycles. The lowest BCUT2D eigenvalue weighted by atomic mass is 10.00. The molecule has 1 N–H and O–H groups in total. The van der Waals surface area contributed by atoms with Crippen molar-refractivity contribution in [3.63, 3.8) is 0 Å². The molecule has 0 saturated carbocycles. The molecule has 0 bridgehead atoms. The second-order valence-electron chi connectivity index (χ2n) is 6.04. The number of aromatic nitrogens is 1. The van der Waals surface area contributed by atoms with E-state index in [-0.39, 0.29) is 11.7 Å². The Morgan fingerprint density at radius 1 is 1.04 bits per heavy atom. The monoisotopic (exact) mass is 328 g/mol. The SMILES string of the molecule is FC(F)(F)c1cccnc1NC[C@H]1Cc2cccc3cccc1c23. The summed E-state index contributed by atoms with van der Waals surface area (Å²) < 4.78 is 39.2. The lowest BCUT2D eigenvalue weighted by Crippen LogP contribution is -2.17. The molecule has 0 unspecified atom stereocenters. The van der Waals surface area contributed by atoms with Gasteiger partial charge in [0.1, 0.15) is 5.82 Å². The molecule has 1 aromatic heterocycles. The van der Waals surface area contributed by atoms with Gasteiger partial charge in [0, 0.05) is 18.7 Å². The van der Waals surface area contributed by atoms with Gasteiger partial charge in [0.05, 0.1) is 5.56 Å². The maximum absolute atomic E-state index is 13.1. The van der Waals surface area contributed by atoms with Gasteiger partial charge in [-0.15, -0.1) is 0 Å². The molecule has 1 heterocycles. The summed E-state index contributed by atoms with van der Waals surface area (Å²) in [6.45, 7) is 0.424. The lowest BCUT2D eigenvalue weighted by molar-refractivity contribution is -0.137. The fourth-order valence-electron chi connectivity index (χ4n) is 3.51. The predicted octanol–water partition coefficient (Wildman–Crippen LogP) is 5.01. The molecule has 2 nitrogen and oxygen atoms in total. The molecule has 4 rings (SSSR count). The van der Waals surface area contributed by atoms with E-state index in [1.807, 2.05) is 12.1 Å². The van der Waals surface area contributed by atoms with Crippen molar-refractivity contribution in [3.05, 3.63) is 71.4 Å². The number of nitrogens with zero attached hydrogens (tertiary/aromatic N) is 1. The van der Waals surface area contributed by atoms with Crippen LogP contribution in [0.4, 0.5) is 19.0 Å². The predicted molar refractivity (Wildman–Crippen MR) is 88.1 cm³/mol. The summed E-state index contributed by atoms with van der Waals surface area (Å²) in [7, 11) is 0. The Kier molecular flexibility index (Phi) is 3.44. The molecule has 1 atom stereocenters. The summed E-state index contributed by atoms with van der Waals surface area (Å²) in [5, 5.41) is 5.33. The average Bonchev–Trinajstić information content (AvgIpc) is 2.93. The van der Waals surface area contributed by atoms with Crippen LogP contribution in [0.2, 0.25) is 0 Å². The van der Waals surface area contributed by atoms with E-state index < -0.39 is 11.7 Å². The van der Waals surface area contributed by atoms with Crippen LogP contribution < -0.4 is 5.32 Å². The average molecular weight is 328 g/mol. The van der Waals surface area contributed by atoms with Crippen LogP contribution in [0.1, 0.15) is 22.6 Å². The first-order valence-electron chi connectivity index (χ1n) is 7.80. The summed E-state index contributed by atoms with van der Waals surface area (Å²) in [5.41, 5.74) is 1.73. The van der Waals surface area contributed by atoms with E-state index in [9.17, 15) is 13.2 Å². The van der Waals surface area contributed by atoms with Gasteiger partial charge in [-0.1, -0.05) is 36.4 Å². The Morgan fingerprint density at radius 2 is 1.83 bits per heavy atom. The first-order valence-corrected chi connectivity index (χ1v) is 7.80. The third-order valence-corrected chi connectivity index (χ3v) is 4.56. The molecule has 1 aliphatic carbocycles. The van der Waals surface area contributed by atoms with Crippen molar-refractivity contribution in [2.24, 2.45) is 0 Å².